The maximum absolute atomic E-state index is 12.3. The molecule has 0 unspecified atom stereocenters. The quantitative estimate of drug-likeness (QED) is 0.515. The Kier molecular flexibility index (Phi) is 4.37. The van der Waals surface area contributed by atoms with Crippen LogP contribution >= 0.6 is 23.4 Å². The van der Waals surface area contributed by atoms with E-state index in [1.165, 1.54) is 24.3 Å². The van der Waals surface area contributed by atoms with Crippen LogP contribution in [-0.2, 0) is 0 Å². The molecule has 118 valence electrons. The molecule has 2 aromatic carbocycles. The van der Waals surface area contributed by atoms with E-state index in [9.17, 15) is 13.2 Å². The molecule has 0 spiro atoms. The van der Waals surface area contributed by atoms with E-state index in [1.54, 1.807) is 24.4 Å². The number of rotatable bonds is 3. The summed E-state index contributed by atoms with van der Waals surface area (Å²) in [6, 6.07) is 12.7. The van der Waals surface area contributed by atoms with Crippen molar-refractivity contribution in [2.45, 2.75) is 10.4 Å². The van der Waals surface area contributed by atoms with Gasteiger partial charge in [-0.05, 0) is 54.2 Å². The second-order valence-corrected chi connectivity index (χ2v) is 6.11. The van der Waals surface area contributed by atoms with Gasteiger partial charge in [0.15, 0.2) is 0 Å². The maximum Gasteiger partial charge on any atom is 0.446 e. The monoisotopic (exact) mass is 355 g/mol. The summed E-state index contributed by atoms with van der Waals surface area (Å²) < 4.78 is 42.7. The van der Waals surface area contributed by atoms with E-state index in [0.29, 0.717) is 22.0 Å². The number of pyridine rings is 1. The number of halogens is 4. The van der Waals surface area contributed by atoms with Gasteiger partial charge in [-0.3, -0.25) is 4.98 Å². The number of benzene rings is 2. The SMILES string of the molecule is FC(F)(F)Sc1ccc(Oc2ccnc3c(Cl)cccc23)cc1. The van der Waals surface area contributed by atoms with E-state index >= 15 is 0 Å². The van der Waals surface area contributed by atoms with Crippen molar-refractivity contribution >= 4 is 34.3 Å². The zero-order valence-corrected chi connectivity index (χ0v) is 13.0. The minimum absolute atomic E-state index is 0.104. The van der Waals surface area contributed by atoms with Crippen molar-refractivity contribution in [2.75, 3.05) is 0 Å². The van der Waals surface area contributed by atoms with Crippen molar-refractivity contribution in [3.8, 4) is 11.5 Å². The Hall–Kier alpha value is -1.92. The van der Waals surface area contributed by atoms with E-state index in [4.69, 9.17) is 16.3 Å². The van der Waals surface area contributed by atoms with Crippen molar-refractivity contribution in [1.29, 1.82) is 0 Å². The molecule has 2 nitrogen and oxygen atoms in total. The van der Waals surface area contributed by atoms with Gasteiger partial charge in [0.05, 0.1) is 10.5 Å². The molecule has 0 fully saturated rings. The molecule has 23 heavy (non-hydrogen) atoms. The molecule has 0 bridgehead atoms. The van der Waals surface area contributed by atoms with Gasteiger partial charge in [0.2, 0.25) is 0 Å². The van der Waals surface area contributed by atoms with Crippen molar-refractivity contribution in [2.24, 2.45) is 0 Å². The molecule has 0 radical (unpaired) electrons. The van der Waals surface area contributed by atoms with Gasteiger partial charge in [0.25, 0.3) is 0 Å². The van der Waals surface area contributed by atoms with E-state index in [1.807, 2.05) is 6.07 Å². The fraction of sp³-hybridized carbons (Fsp3) is 0.0625. The van der Waals surface area contributed by atoms with Gasteiger partial charge in [-0.2, -0.15) is 13.2 Å². The Morgan fingerprint density at radius 3 is 2.43 bits per heavy atom. The Morgan fingerprint density at radius 2 is 1.74 bits per heavy atom. The summed E-state index contributed by atoms with van der Waals surface area (Å²) in [6.07, 6.45) is 1.57. The van der Waals surface area contributed by atoms with Gasteiger partial charge in [-0.25, -0.2) is 0 Å². The van der Waals surface area contributed by atoms with Crippen LogP contribution in [0.5, 0.6) is 11.5 Å². The normalized spacial score (nSPS) is 11.7. The van der Waals surface area contributed by atoms with Crippen molar-refractivity contribution in [1.82, 2.24) is 4.98 Å². The van der Waals surface area contributed by atoms with Gasteiger partial charge < -0.3 is 4.74 Å². The third-order valence-electron chi connectivity index (χ3n) is 2.97. The molecule has 0 saturated heterocycles. The van der Waals surface area contributed by atoms with Crippen LogP contribution in [0.2, 0.25) is 5.02 Å². The summed E-state index contributed by atoms with van der Waals surface area (Å²) >= 11 is 5.92. The molecule has 0 aliphatic heterocycles. The van der Waals surface area contributed by atoms with E-state index < -0.39 is 5.51 Å². The molecular formula is C16H9ClF3NOS. The largest absolute Gasteiger partial charge is 0.457 e. The first-order valence-electron chi connectivity index (χ1n) is 6.49. The first-order valence-corrected chi connectivity index (χ1v) is 7.69. The number of hydrogen-bond acceptors (Lipinski definition) is 3. The van der Waals surface area contributed by atoms with Crippen LogP contribution in [0.1, 0.15) is 0 Å². The highest BCUT2D eigenvalue weighted by atomic mass is 35.5. The highest BCUT2D eigenvalue weighted by Crippen LogP contribution is 2.38. The molecule has 0 aliphatic carbocycles. The molecule has 0 N–H and O–H groups in total. The summed E-state index contributed by atoms with van der Waals surface area (Å²) in [5, 5.41) is 1.23. The lowest BCUT2D eigenvalue weighted by Gasteiger charge is -2.10. The second-order valence-electron chi connectivity index (χ2n) is 4.57. The Morgan fingerprint density at radius 1 is 1.00 bits per heavy atom. The number of ether oxygens (including phenoxy) is 1. The van der Waals surface area contributed by atoms with Gasteiger partial charge in [0, 0.05) is 16.5 Å². The van der Waals surface area contributed by atoms with Gasteiger partial charge in [0.1, 0.15) is 11.5 Å². The first-order chi connectivity index (χ1) is 10.9. The molecule has 0 aliphatic rings. The lowest BCUT2D eigenvalue weighted by atomic mass is 10.2. The second kappa shape index (κ2) is 6.29. The van der Waals surface area contributed by atoms with Crippen LogP contribution in [0.15, 0.2) is 59.6 Å². The van der Waals surface area contributed by atoms with Gasteiger partial charge >= 0.3 is 5.51 Å². The van der Waals surface area contributed by atoms with E-state index in [-0.39, 0.29) is 16.7 Å². The maximum atomic E-state index is 12.3. The molecule has 7 heteroatoms. The summed E-state index contributed by atoms with van der Waals surface area (Å²) in [4.78, 5) is 4.30. The third-order valence-corrected chi connectivity index (χ3v) is 4.01. The highest BCUT2D eigenvalue weighted by molar-refractivity contribution is 8.00. The molecule has 3 aromatic rings. The minimum Gasteiger partial charge on any atom is -0.457 e. The van der Waals surface area contributed by atoms with Crippen LogP contribution in [0.3, 0.4) is 0 Å². The molecule has 0 saturated carbocycles. The average molecular weight is 356 g/mol. The predicted octanol–water partition coefficient (Wildman–Crippen LogP) is 6.29. The number of para-hydroxylation sites is 1. The van der Waals surface area contributed by atoms with Crippen LogP contribution < -0.4 is 4.74 Å². The van der Waals surface area contributed by atoms with Crippen LogP contribution in [0.4, 0.5) is 13.2 Å². The molecule has 1 heterocycles. The van der Waals surface area contributed by atoms with Crippen LogP contribution in [-0.4, -0.2) is 10.5 Å². The number of fused-ring (bicyclic) bond motifs is 1. The summed E-state index contributed by atoms with van der Waals surface area (Å²) in [5.41, 5.74) is -3.70. The van der Waals surface area contributed by atoms with Crippen LogP contribution in [0, 0.1) is 0 Å². The fourth-order valence-electron chi connectivity index (χ4n) is 2.04. The minimum atomic E-state index is -4.31. The topological polar surface area (TPSA) is 22.1 Å². The highest BCUT2D eigenvalue weighted by Gasteiger charge is 2.29. The Balaban J connectivity index is 1.87. The predicted molar refractivity (Wildman–Crippen MR) is 85.2 cm³/mol. The number of alkyl halides is 3. The average Bonchev–Trinajstić information content (AvgIpc) is 2.49. The Labute approximate surface area is 139 Å². The molecule has 0 amide bonds. The van der Waals surface area contributed by atoms with E-state index in [0.717, 1.165) is 5.39 Å². The number of thioether (sulfide) groups is 1. The van der Waals surface area contributed by atoms with E-state index in [2.05, 4.69) is 4.98 Å². The molecule has 1 aromatic heterocycles. The lowest BCUT2D eigenvalue weighted by molar-refractivity contribution is -0.0328. The lowest BCUT2D eigenvalue weighted by Crippen LogP contribution is -1.98. The standard InChI is InChI=1S/C16H9ClF3NOS/c17-13-3-1-2-12-14(8-9-21-15(12)13)22-10-4-6-11(7-5-10)23-16(18,19)20/h1-9H. The first kappa shape index (κ1) is 16.0. The molecule has 0 atom stereocenters. The summed E-state index contributed by atoms with van der Waals surface area (Å²) in [7, 11) is 0. The molecular weight excluding hydrogens is 347 g/mol. The van der Waals surface area contributed by atoms with Gasteiger partial charge in [-0.15, -0.1) is 0 Å². The van der Waals surface area contributed by atoms with Crippen molar-refractivity contribution in [3.63, 3.8) is 0 Å². The summed E-state index contributed by atoms with van der Waals surface area (Å²) in [5.74, 6) is 0.970. The smallest absolute Gasteiger partial charge is 0.446 e. The van der Waals surface area contributed by atoms with Crippen molar-refractivity contribution < 1.29 is 17.9 Å². The van der Waals surface area contributed by atoms with Crippen LogP contribution in [0.25, 0.3) is 10.9 Å². The zero-order chi connectivity index (χ0) is 16.4. The summed E-state index contributed by atoms with van der Waals surface area (Å²) in [6.45, 7) is 0. The zero-order valence-electron chi connectivity index (χ0n) is 11.5. The van der Waals surface area contributed by atoms with Gasteiger partial charge in [-0.1, -0.05) is 17.7 Å². The van der Waals surface area contributed by atoms with Crippen molar-refractivity contribution in [3.05, 3.63) is 59.8 Å². The number of hydrogen-bond donors (Lipinski definition) is 0. The fourth-order valence-corrected chi connectivity index (χ4v) is 2.80. The third kappa shape index (κ3) is 3.89. The Bertz CT molecular complexity index is 837. The number of aromatic nitrogens is 1. The number of nitrogens with zero attached hydrogens (tertiary/aromatic N) is 1. The molecule has 3 rings (SSSR count).